The molecule has 0 amide bonds. The van der Waals surface area contributed by atoms with E-state index in [4.69, 9.17) is 21.0 Å². The van der Waals surface area contributed by atoms with Crippen molar-refractivity contribution in [1.29, 1.82) is 15.8 Å². The fourth-order valence-electron chi connectivity index (χ4n) is 2.79. The summed E-state index contributed by atoms with van der Waals surface area (Å²) < 4.78 is 6.90. The molecule has 0 aliphatic heterocycles. The summed E-state index contributed by atoms with van der Waals surface area (Å²) in [7, 11) is 1.59. The molecule has 0 aliphatic carbocycles. The maximum atomic E-state index is 9.56. The number of methoxy groups -OCH3 is 1. The van der Waals surface area contributed by atoms with E-state index in [2.05, 4.69) is 5.10 Å². The zero-order valence-corrected chi connectivity index (χ0v) is 16.1. The average Bonchev–Trinajstić information content (AvgIpc) is 3.22. The molecule has 0 atom stereocenters. The van der Waals surface area contributed by atoms with Gasteiger partial charge in [-0.3, -0.25) is 0 Å². The molecule has 1 aromatic heterocycles. The van der Waals surface area contributed by atoms with Crippen LogP contribution < -0.4 is 10.5 Å². The van der Waals surface area contributed by atoms with Crippen molar-refractivity contribution in [2.75, 3.05) is 7.11 Å². The van der Waals surface area contributed by atoms with E-state index in [9.17, 15) is 5.26 Å². The van der Waals surface area contributed by atoms with Crippen LogP contribution in [-0.4, -0.2) is 16.9 Å². The SMILES string of the molecule is COc1ccc(-c2nn(-c3ccccc3)cc2C=C(C#N)C(N)=C(C#N)C#N)cc1. The largest absolute Gasteiger partial charge is 0.497 e. The number of hydrogen-bond donors (Lipinski definition) is 1. The maximum Gasteiger partial charge on any atom is 0.153 e. The predicted molar refractivity (Wildman–Crippen MR) is 112 cm³/mol. The number of aromatic nitrogens is 2. The Morgan fingerprint density at radius 3 is 2.23 bits per heavy atom. The fourth-order valence-corrected chi connectivity index (χ4v) is 2.79. The van der Waals surface area contributed by atoms with Crippen LogP contribution in [0.25, 0.3) is 23.0 Å². The summed E-state index contributed by atoms with van der Waals surface area (Å²) in [6.07, 6.45) is 3.29. The Morgan fingerprint density at radius 2 is 1.67 bits per heavy atom. The summed E-state index contributed by atoms with van der Waals surface area (Å²) in [5, 5.41) is 32.4. The van der Waals surface area contributed by atoms with E-state index in [1.165, 1.54) is 6.08 Å². The minimum absolute atomic E-state index is 0.00970. The second-order valence-electron chi connectivity index (χ2n) is 6.12. The van der Waals surface area contributed by atoms with E-state index in [-0.39, 0.29) is 16.8 Å². The standard InChI is InChI=1S/C23H16N6O/c1-30-21-9-7-16(8-10-21)23-18(11-17(12-24)22(27)19(13-25)14-26)15-29(28-23)20-5-3-2-4-6-20/h2-11,15H,27H2,1H3. The van der Waals surface area contributed by atoms with Crippen molar-refractivity contribution in [3.05, 3.63) is 83.2 Å². The first kappa shape index (κ1) is 19.9. The summed E-state index contributed by atoms with van der Waals surface area (Å²) in [4.78, 5) is 0. The van der Waals surface area contributed by atoms with Crippen molar-refractivity contribution < 1.29 is 4.74 Å². The summed E-state index contributed by atoms with van der Waals surface area (Å²) >= 11 is 0. The first-order chi connectivity index (χ1) is 14.6. The molecule has 0 saturated carbocycles. The van der Waals surface area contributed by atoms with Crippen molar-refractivity contribution in [1.82, 2.24) is 9.78 Å². The molecule has 0 unspecified atom stereocenters. The van der Waals surface area contributed by atoms with Gasteiger partial charge in [0.15, 0.2) is 5.57 Å². The molecule has 3 rings (SSSR count). The first-order valence-corrected chi connectivity index (χ1v) is 8.83. The van der Waals surface area contributed by atoms with Gasteiger partial charge in [0.1, 0.15) is 24.0 Å². The Bertz CT molecular complexity index is 1230. The van der Waals surface area contributed by atoms with E-state index in [0.29, 0.717) is 17.0 Å². The lowest BCUT2D eigenvalue weighted by atomic mass is 10.0. The van der Waals surface area contributed by atoms with Crippen molar-refractivity contribution in [2.24, 2.45) is 5.73 Å². The minimum atomic E-state index is -0.316. The lowest BCUT2D eigenvalue weighted by Gasteiger charge is -2.03. The molecule has 0 saturated heterocycles. The van der Waals surface area contributed by atoms with Crippen molar-refractivity contribution in [3.63, 3.8) is 0 Å². The Morgan fingerprint density at radius 1 is 1.00 bits per heavy atom. The number of nitrogens with two attached hydrogens (primary N) is 1. The van der Waals surface area contributed by atoms with E-state index >= 15 is 0 Å². The van der Waals surface area contributed by atoms with Crippen molar-refractivity contribution in [2.45, 2.75) is 0 Å². The topological polar surface area (TPSA) is 124 Å². The number of para-hydroxylation sites is 1. The molecule has 0 fully saturated rings. The number of benzene rings is 2. The van der Waals surface area contributed by atoms with Gasteiger partial charge in [-0.25, -0.2) is 4.68 Å². The molecule has 2 aromatic carbocycles. The third-order valence-corrected chi connectivity index (χ3v) is 4.33. The lowest BCUT2D eigenvalue weighted by Crippen LogP contribution is -2.03. The molecule has 1 heterocycles. The highest BCUT2D eigenvalue weighted by atomic mass is 16.5. The van der Waals surface area contributed by atoms with E-state index in [1.807, 2.05) is 60.7 Å². The number of nitriles is 3. The van der Waals surface area contributed by atoms with E-state index in [1.54, 1.807) is 30.1 Å². The molecule has 3 aromatic rings. The molecule has 0 radical (unpaired) electrons. The molecule has 0 bridgehead atoms. The van der Waals surface area contributed by atoms with E-state index in [0.717, 1.165) is 11.3 Å². The number of allylic oxidation sites excluding steroid dienone is 2. The van der Waals surface area contributed by atoms with Gasteiger partial charge in [-0.05, 0) is 42.5 Å². The number of nitrogens with zero attached hydrogens (tertiary/aromatic N) is 5. The fraction of sp³-hybridized carbons (Fsp3) is 0.0435. The van der Waals surface area contributed by atoms with Gasteiger partial charge in [-0.2, -0.15) is 20.9 Å². The molecule has 30 heavy (non-hydrogen) atoms. The summed E-state index contributed by atoms with van der Waals surface area (Å²) in [5.41, 5.74) is 8.27. The highest BCUT2D eigenvalue weighted by Gasteiger charge is 2.14. The van der Waals surface area contributed by atoms with Crippen LogP contribution in [0, 0.1) is 34.0 Å². The van der Waals surface area contributed by atoms with Gasteiger partial charge < -0.3 is 10.5 Å². The van der Waals surface area contributed by atoms with Gasteiger partial charge in [0.25, 0.3) is 0 Å². The highest BCUT2D eigenvalue weighted by Crippen LogP contribution is 2.28. The van der Waals surface area contributed by atoms with Crippen LogP contribution >= 0.6 is 0 Å². The number of hydrogen-bond acceptors (Lipinski definition) is 6. The molecular weight excluding hydrogens is 376 g/mol. The first-order valence-electron chi connectivity index (χ1n) is 8.83. The molecule has 7 nitrogen and oxygen atoms in total. The lowest BCUT2D eigenvalue weighted by molar-refractivity contribution is 0.415. The molecule has 7 heteroatoms. The highest BCUT2D eigenvalue weighted by molar-refractivity contribution is 5.76. The zero-order chi connectivity index (χ0) is 21.5. The van der Waals surface area contributed by atoms with Crippen LogP contribution in [0.2, 0.25) is 0 Å². The predicted octanol–water partition coefficient (Wildman–Crippen LogP) is 3.71. The second-order valence-corrected chi connectivity index (χ2v) is 6.12. The van der Waals surface area contributed by atoms with Crippen LogP contribution in [0.5, 0.6) is 5.75 Å². The third-order valence-electron chi connectivity index (χ3n) is 4.33. The Hall–Kier alpha value is -4.80. The van der Waals surface area contributed by atoms with Gasteiger partial charge in [0.05, 0.1) is 29.8 Å². The van der Waals surface area contributed by atoms with Gasteiger partial charge in [0, 0.05) is 17.3 Å². The second kappa shape index (κ2) is 8.93. The number of ether oxygens (including phenoxy) is 1. The molecule has 144 valence electrons. The number of rotatable bonds is 5. The average molecular weight is 392 g/mol. The molecule has 0 spiro atoms. The van der Waals surface area contributed by atoms with Crippen LogP contribution in [0.4, 0.5) is 0 Å². The van der Waals surface area contributed by atoms with Crippen molar-refractivity contribution in [3.8, 4) is 40.9 Å². The van der Waals surface area contributed by atoms with Gasteiger partial charge in [-0.15, -0.1) is 0 Å². The summed E-state index contributed by atoms with van der Waals surface area (Å²) in [6.45, 7) is 0. The van der Waals surface area contributed by atoms with Crippen LogP contribution in [0.15, 0.2) is 77.6 Å². The van der Waals surface area contributed by atoms with Crippen LogP contribution in [0.3, 0.4) is 0 Å². The summed E-state index contributed by atoms with van der Waals surface area (Å²) in [5.74, 6) is 0.705. The van der Waals surface area contributed by atoms with Crippen LogP contribution in [-0.2, 0) is 0 Å². The molecular formula is C23H16N6O. The molecule has 0 aliphatic rings. The quantitative estimate of drug-likeness (QED) is 0.521. The Balaban J connectivity index is 2.20. The van der Waals surface area contributed by atoms with Gasteiger partial charge in [-0.1, -0.05) is 18.2 Å². The van der Waals surface area contributed by atoms with Crippen LogP contribution in [0.1, 0.15) is 5.56 Å². The smallest absolute Gasteiger partial charge is 0.153 e. The Labute approximate surface area is 173 Å². The third kappa shape index (κ3) is 4.04. The zero-order valence-electron chi connectivity index (χ0n) is 16.1. The molecule has 2 N–H and O–H groups in total. The monoisotopic (exact) mass is 392 g/mol. The normalized spacial score (nSPS) is 10.4. The van der Waals surface area contributed by atoms with E-state index < -0.39 is 0 Å². The maximum absolute atomic E-state index is 9.56. The summed E-state index contributed by atoms with van der Waals surface area (Å²) in [6, 6.07) is 22.2. The van der Waals surface area contributed by atoms with Gasteiger partial charge in [0.2, 0.25) is 0 Å². The van der Waals surface area contributed by atoms with Gasteiger partial charge >= 0.3 is 0 Å². The Kier molecular flexibility index (Phi) is 5.94. The minimum Gasteiger partial charge on any atom is -0.497 e. The van der Waals surface area contributed by atoms with Crippen molar-refractivity contribution >= 4 is 6.08 Å².